The molecule has 0 radical (unpaired) electrons. The third-order valence-electron chi connectivity index (χ3n) is 1.66. The van der Waals surface area contributed by atoms with E-state index >= 15 is 0 Å². The van der Waals surface area contributed by atoms with Gasteiger partial charge < -0.3 is 10.2 Å². The van der Waals surface area contributed by atoms with Crippen LogP contribution in [-0.2, 0) is 0 Å². The monoisotopic (exact) mass is 198 g/mol. The first-order valence-electron chi connectivity index (χ1n) is 4.35. The largest absolute Gasteiger partial charge is 0.508 e. The van der Waals surface area contributed by atoms with Crippen molar-refractivity contribution in [1.82, 2.24) is 0 Å². The van der Waals surface area contributed by atoms with Crippen LogP contribution in [0.1, 0.15) is 12.8 Å². The molecule has 0 saturated heterocycles. The number of hydrogen-bond donors (Lipinski definition) is 2. The standard InChI is InChI=1S/C10H14O2S/c11-7-1-2-8-13-10-5-3-9(12)4-6-10/h3-6,11-12H,1-2,7-8H2. The summed E-state index contributed by atoms with van der Waals surface area (Å²) in [6, 6.07) is 7.18. The Balaban J connectivity index is 2.25. The Kier molecular flexibility index (Phi) is 4.72. The van der Waals surface area contributed by atoms with E-state index in [4.69, 9.17) is 10.2 Å². The van der Waals surface area contributed by atoms with Crippen LogP contribution >= 0.6 is 11.8 Å². The van der Waals surface area contributed by atoms with E-state index < -0.39 is 0 Å². The minimum absolute atomic E-state index is 0.274. The normalized spacial score (nSPS) is 10.2. The van der Waals surface area contributed by atoms with Gasteiger partial charge in [0.15, 0.2) is 0 Å². The number of hydrogen-bond acceptors (Lipinski definition) is 3. The molecule has 0 heterocycles. The molecule has 0 spiro atoms. The van der Waals surface area contributed by atoms with Gasteiger partial charge in [0.25, 0.3) is 0 Å². The van der Waals surface area contributed by atoms with E-state index in [1.54, 1.807) is 23.9 Å². The van der Waals surface area contributed by atoms with Crippen molar-refractivity contribution in [2.45, 2.75) is 17.7 Å². The minimum atomic E-state index is 0.274. The van der Waals surface area contributed by atoms with Crippen molar-refractivity contribution >= 4 is 11.8 Å². The van der Waals surface area contributed by atoms with Gasteiger partial charge in [-0.15, -0.1) is 11.8 Å². The molecular weight excluding hydrogens is 184 g/mol. The van der Waals surface area contributed by atoms with Crippen LogP contribution in [-0.4, -0.2) is 22.6 Å². The summed E-state index contributed by atoms with van der Waals surface area (Å²) in [7, 11) is 0. The molecule has 1 rings (SSSR count). The Bertz CT molecular complexity index is 233. The fourth-order valence-corrected chi connectivity index (χ4v) is 1.86. The lowest BCUT2D eigenvalue weighted by Crippen LogP contribution is -1.85. The van der Waals surface area contributed by atoms with Crippen LogP contribution in [0.15, 0.2) is 29.2 Å². The van der Waals surface area contributed by atoms with Crippen LogP contribution in [0.5, 0.6) is 5.75 Å². The zero-order valence-corrected chi connectivity index (χ0v) is 8.26. The maximum atomic E-state index is 9.02. The molecule has 0 aliphatic carbocycles. The number of benzene rings is 1. The number of aromatic hydroxyl groups is 1. The molecule has 2 nitrogen and oxygen atoms in total. The number of aliphatic hydroxyl groups excluding tert-OH is 1. The number of aliphatic hydroxyl groups is 1. The van der Waals surface area contributed by atoms with Gasteiger partial charge in [0, 0.05) is 11.5 Å². The second-order valence-electron chi connectivity index (χ2n) is 2.77. The summed E-state index contributed by atoms with van der Waals surface area (Å²) in [6.07, 6.45) is 1.90. The van der Waals surface area contributed by atoms with Crippen LogP contribution in [0.25, 0.3) is 0 Å². The molecule has 72 valence electrons. The zero-order valence-electron chi connectivity index (χ0n) is 7.44. The highest BCUT2D eigenvalue weighted by molar-refractivity contribution is 7.99. The molecule has 13 heavy (non-hydrogen) atoms. The van der Waals surface area contributed by atoms with Crippen LogP contribution in [0.2, 0.25) is 0 Å². The average molecular weight is 198 g/mol. The van der Waals surface area contributed by atoms with Gasteiger partial charge in [-0.25, -0.2) is 0 Å². The molecule has 0 atom stereocenters. The van der Waals surface area contributed by atoms with Crippen molar-refractivity contribution in [3.05, 3.63) is 24.3 Å². The molecule has 1 aromatic rings. The molecule has 0 amide bonds. The molecule has 0 aliphatic heterocycles. The fraction of sp³-hybridized carbons (Fsp3) is 0.400. The van der Waals surface area contributed by atoms with Crippen LogP contribution in [0, 0.1) is 0 Å². The Morgan fingerprint density at radius 1 is 1.08 bits per heavy atom. The molecule has 2 N–H and O–H groups in total. The summed E-state index contributed by atoms with van der Waals surface area (Å²) < 4.78 is 0. The van der Waals surface area contributed by atoms with E-state index in [0.717, 1.165) is 23.5 Å². The highest BCUT2D eigenvalue weighted by atomic mass is 32.2. The van der Waals surface area contributed by atoms with Gasteiger partial charge >= 0.3 is 0 Å². The number of rotatable bonds is 5. The van der Waals surface area contributed by atoms with E-state index in [2.05, 4.69) is 0 Å². The van der Waals surface area contributed by atoms with Gasteiger partial charge in [-0.3, -0.25) is 0 Å². The fourth-order valence-electron chi connectivity index (χ4n) is 0.946. The summed E-state index contributed by atoms with van der Waals surface area (Å²) >= 11 is 1.75. The summed E-state index contributed by atoms with van der Waals surface area (Å²) in [5.74, 6) is 1.32. The maximum absolute atomic E-state index is 9.02. The van der Waals surface area contributed by atoms with E-state index in [9.17, 15) is 0 Å². The first kappa shape index (κ1) is 10.4. The first-order valence-corrected chi connectivity index (χ1v) is 5.34. The lowest BCUT2D eigenvalue weighted by molar-refractivity contribution is 0.287. The molecular formula is C10H14O2S. The van der Waals surface area contributed by atoms with Crippen molar-refractivity contribution in [1.29, 1.82) is 0 Å². The Morgan fingerprint density at radius 3 is 2.38 bits per heavy atom. The van der Waals surface area contributed by atoms with Crippen molar-refractivity contribution in [2.24, 2.45) is 0 Å². The van der Waals surface area contributed by atoms with Crippen molar-refractivity contribution in [2.75, 3.05) is 12.4 Å². The van der Waals surface area contributed by atoms with Crippen LogP contribution in [0.4, 0.5) is 0 Å². The van der Waals surface area contributed by atoms with Gasteiger partial charge in [0.05, 0.1) is 0 Å². The molecule has 3 heteroatoms. The van der Waals surface area contributed by atoms with E-state index in [1.165, 1.54) is 0 Å². The number of unbranched alkanes of at least 4 members (excludes halogenated alkanes) is 1. The first-order chi connectivity index (χ1) is 6.33. The van der Waals surface area contributed by atoms with Crippen molar-refractivity contribution in [3.63, 3.8) is 0 Å². The van der Waals surface area contributed by atoms with Crippen molar-refractivity contribution < 1.29 is 10.2 Å². The molecule has 0 unspecified atom stereocenters. The molecule has 0 saturated carbocycles. The Hall–Kier alpha value is -0.670. The summed E-state index contributed by atoms with van der Waals surface area (Å²) in [5.41, 5.74) is 0. The summed E-state index contributed by atoms with van der Waals surface area (Å²) in [4.78, 5) is 1.16. The number of thioether (sulfide) groups is 1. The molecule has 0 bridgehead atoms. The van der Waals surface area contributed by atoms with Gasteiger partial charge in [-0.2, -0.15) is 0 Å². The molecule has 0 aromatic heterocycles. The van der Waals surface area contributed by atoms with Crippen LogP contribution in [0.3, 0.4) is 0 Å². The second kappa shape index (κ2) is 5.89. The molecule has 1 aromatic carbocycles. The Labute approximate surface area is 82.6 Å². The third kappa shape index (κ3) is 4.20. The van der Waals surface area contributed by atoms with Gasteiger partial charge in [0.2, 0.25) is 0 Å². The van der Waals surface area contributed by atoms with Gasteiger partial charge in [0.1, 0.15) is 5.75 Å². The predicted molar refractivity (Wildman–Crippen MR) is 55.2 cm³/mol. The summed E-state index contributed by atoms with van der Waals surface area (Å²) in [5, 5.41) is 17.6. The predicted octanol–water partition coefficient (Wildman–Crippen LogP) is 2.26. The smallest absolute Gasteiger partial charge is 0.115 e. The van der Waals surface area contributed by atoms with E-state index in [0.29, 0.717) is 5.75 Å². The molecule has 0 fully saturated rings. The third-order valence-corrected chi connectivity index (χ3v) is 2.76. The van der Waals surface area contributed by atoms with E-state index in [-0.39, 0.29) is 6.61 Å². The van der Waals surface area contributed by atoms with E-state index in [1.807, 2.05) is 12.1 Å². The van der Waals surface area contributed by atoms with Crippen molar-refractivity contribution in [3.8, 4) is 5.75 Å². The average Bonchev–Trinajstić information content (AvgIpc) is 2.15. The SMILES string of the molecule is OCCCCSc1ccc(O)cc1. The maximum Gasteiger partial charge on any atom is 0.115 e. The number of phenolic OH excluding ortho intramolecular Hbond substituents is 1. The highest BCUT2D eigenvalue weighted by Crippen LogP contribution is 2.21. The Morgan fingerprint density at radius 2 is 1.77 bits per heavy atom. The van der Waals surface area contributed by atoms with Crippen LogP contribution < -0.4 is 0 Å². The second-order valence-corrected chi connectivity index (χ2v) is 3.94. The van der Waals surface area contributed by atoms with Gasteiger partial charge in [-0.1, -0.05) is 0 Å². The lowest BCUT2D eigenvalue weighted by atomic mass is 10.3. The quantitative estimate of drug-likeness (QED) is 0.563. The zero-order chi connectivity index (χ0) is 9.52. The minimum Gasteiger partial charge on any atom is -0.508 e. The lowest BCUT2D eigenvalue weighted by Gasteiger charge is -2.00. The van der Waals surface area contributed by atoms with Gasteiger partial charge in [-0.05, 0) is 42.9 Å². The molecule has 0 aliphatic rings. The highest BCUT2D eigenvalue weighted by Gasteiger charge is 1.93. The number of phenols is 1. The summed E-state index contributed by atoms with van der Waals surface area (Å²) in [6.45, 7) is 0.274. The topological polar surface area (TPSA) is 40.5 Å².